The molecule has 0 saturated carbocycles. The Morgan fingerprint density at radius 1 is 1.15 bits per heavy atom. The van der Waals surface area contributed by atoms with Crippen LogP contribution in [0.2, 0.25) is 0 Å². The van der Waals surface area contributed by atoms with Gasteiger partial charge < -0.3 is 10.4 Å². The van der Waals surface area contributed by atoms with Crippen LogP contribution >= 0.6 is 11.3 Å². The summed E-state index contributed by atoms with van der Waals surface area (Å²) in [6.07, 6.45) is 4.46. The summed E-state index contributed by atoms with van der Waals surface area (Å²) >= 11 is 1.91. The Balaban J connectivity index is 1.88. The molecule has 2 N–H and O–H groups in total. The number of rotatable bonds is 8. The first kappa shape index (κ1) is 15.5. The average molecular weight is 291 g/mol. The van der Waals surface area contributed by atoms with Crippen LogP contribution < -0.4 is 5.32 Å². The van der Waals surface area contributed by atoms with E-state index < -0.39 is 0 Å². The average Bonchev–Trinajstić information content (AvgIpc) is 2.80. The van der Waals surface area contributed by atoms with Crippen LogP contribution in [-0.4, -0.2) is 18.3 Å². The zero-order chi connectivity index (χ0) is 14.4. The van der Waals surface area contributed by atoms with Crippen molar-refractivity contribution in [2.45, 2.75) is 45.6 Å². The van der Waals surface area contributed by atoms with Gasteiger partial charge in [-0.1, -0.05) is 31.0 Å². The third-order valence-electron chi connectivity index (χ3n) is 3.81. The number of unbranched alkanes of at least 4 members (excludes halogenated alkanes) is 3. The van der Waals surface area contributed by atoms with Crippen molar-refractivity contribution in [2.24, 2.45) is 0 Å². The Bertz CT molecular complexity index is 535. The second-order valence-corrected chi connectivity index (χ2v) is 6.48. The molecule has 1 unspecified atom stereocenters. The number of thiophene rings is 1. The Hall–Kier alpha value is -0.900. The van der Waals surface area contributed by atoms with Crippen molar-refractivity contribution < 1.29 is 5.11 Å². The minimum Gasteiger partial charge on any atom is -0.396 e. The standard InChI is InChI=1S/C17H25NOS/c1-13-15-9-5-6-10-16(15)20-17(13)14(2)18-11-7-3-4-8-12-19/h5-6,9-10,14,18-19H,3-4,7-8,11-12H2,1-2H3. The molecule has 2 nitrogen and oxygen atoms in total. The van der Waals surface area contributed by atoms with Gasteiger partial charge in [0, 0.05) is 22.2 Å². The number of aliphatic hydroxyl groups is 1. The van der Waals surface area contributed by atoms with E-state index in [0.717, 1.165) is 19.4 Å². The zero-order valence-electron chi connectivity index (χ0n) is 12.5. The topological polar surface area (TPSA) is 32.3 Å². The second kappa shape index (κ2) is 7.77. The van der Waals surface area contributed by atoms with E-state index in [4.69, 9.17) is 5.11 Å². The van der Waals surface area contributed by atoms with Gasteiger partial charge in [0.05, 0.1) is 0 Å². The molecular formula is C17H25NOS. The van der Waals surface area contributed by atoms with Gasteiger partial charge >= 0.3 is 0 Å². The maximum atomic E-state index is 8.75. The minimum atomic E-state index is 0.324. The van der Waals surface area contributed by atoms with E-state index in [1.54, 1.807) is 0 Å². The number of aryl methyl sites for hydroxylation is 1. The first-order valence-corrected chi connectivity index (χ1v) is 8.38. The zero-order valence-corrected chi connectivity index (χ0v) is 13.3. The number of nitrogens with one attached hydrogen (secondary N) is 1. The van der Waals surface area contributed by atoms with Gasteiger partial charge in [0.25, 0.3) is 0 Å². The third kappa shape index (κ3) is 3.81. The van der Waals surface area contributed by atoms with Gasteiger partial charge in [-0.05, 0) is 50.2 Å². The van der Waals surface area contributed by atoms with Crippen LogP contribution in [0.1, 0.15) is 49.1 Å². The summed E-state index contributed by atoms with van der Waals surface area (Å²) in [6, 6.07) is 9.07. The van der Waals surface area contributed by atoms with Gasteiger partial charge in [0.15, 0.2) is 0 Å². The summed E-state index contributed by atoms with van der Waals surface area (Å²) in [7, 11) is 0. The number of fused-ring (bicyclic) bond motifs is 1. The molecule has 0 saturated heterocycles. The van der Waals surface area contributed by atoms with Crippen molar-refractivity contribution in [3.05, 3.63) is 34.7 Å². The molecule has 0 aliphatic rings. The molecule has 2 aromatic rings. The highest BCUT2D eigenvalue weighted by Crippen LogP contribution is 2.34. The highest BCUT2D eigenvalue weighted by Gasteiger charge is 2.13. The smallest absolute Gasteiger partial charge is 0.0431 e. The third-order valence-corrected chi connectivity index (χ3v) is 5.26. The van der Waals surface area contributed by atoms with E-state index in [9.17, 15) is 0 Å². The van der Waals surface area contributed by atoms with Crippen molar-refractivity contribution in [1.82, 2.24) is 5.32 Å². The van der Waals surface area contributed by atoms with Gasteiger partial charge in [-0.3, -0.25) is 0 Å². The SMILES string of the molecule is Cc1c(C(C)NCCCCCCO)sc2ccccc12. The van der Waals surface area contributed by atoms with Gasteiger partial charge in [-0.2, -0.15) is 0 Å². The lowest BCUT2D eigenvalue weighted by atomic mass is 10.1. The first-order valence-electron chi connectivity index (χ1n) is 7.56. The Morgan fingerprint density at radius 2 is 1.90 bits per heavy atom. The summed E-state index contributed by atoms with van der Waals surface area (Å²) in [4.78, 5) is 1.46. The lowest BCUT2D eigenvalue weighted by Crippen LogP contribution is -2.19. The maximum Gasteiger partial charge on any atom is 0.0431 e. The van der Waals surface area contributed by atoms with E-state index in [1.807, 2.05) is 11.3 Å². The van der Waals surface area contributed by atoms with E-state index in [1.165, 1.54) is 33.4 Å². The van der Waals surface area contributed by atoms with E-state index in [-0.39, 0.29) is 0 Å². The first-order chi connectivity index (χ1) is 9.74. The van der Waals surface area contributed by atoms with Crippen LogP contribution in [-0.2, 0) is 0 Å². The van der Waals surface area contributed by atoms with Crippen molar-refractivity contribution in [2.75, 3.05) is 13.2 Å². The largest absolute Gasteiger partial charge is 0.396 e. The fraction of sp³-hybridized carbons (Fsp3) is 0.529. The van der Waals surface area contributed by atoms with Crippen molar-refractivity contribution in [1.29, 1.82) is 0 Å². The van der Waals surface area contributed by atoms with E-state index in [2.05, 4.69) is 43.4 Å². The number of hydrogen-bond donors (Lipinski definition) is 2. The molecular weight excluding hydrogens is 266 g/mol. The molecule has 1 aromatic heterocycles. The molecule has 0 fully saturated rings. The van der Waals surface area contributed by atoms with Gasteiger partial charge in [-0.15, -0.1) is 11.3 Å². The summed E-state index contributed by atoms with van der Waals surface area (Å²) in [5.74, 6) is 0. The van der Waals surface area contributed by atoms with Crippen LogP contribution in [0.25, 0.3) is 10.1 Å². The van der Waals surface area contributed by atoms with Gasteiger partial charge in [0.2, 0.25) is 0 Å². The summed E-state index contributed by atoms with van der Waals surface area (Å²) < 4.78 is 1.39. The van der Waals surface area contributed by atoms with Crippen LogP contribution in [0.5, 0.6) is 0 Å². The Morgan fingerprint density at radius 3 is 2.65 bits per heavy atom. The molecule has 2 rings (SSSR count). The lowest BCUT2D eigenvalue weighted by Gasteiger charge is -2.13. The molecule has 0 spiro atoms. The lowest BCUT2D eigenvalue weighted by molar-refractivity contribution is 0.282. The van der Waals surface area contributed by atoms with Crippen molar-refractivity contribution in [3.8, 4) is 0 Å². The summed E-state index contributed by atoms with van der Waals surface area (Å²) in [5.41, 5.74) is 1.42. The molecule has 20 heavy (non-hydrogen) atoms. The van der Waals surface area contributed by atoms with Crippen LogP contribution in [0.4, 0.5) is 0 Å². The van der Waals surface area contributed by atoms with E-state index in [0.29, 0.717) is 12.6 Å². The number of aliphatic hydroxyl groups excluding tert-OH is 1. The molecule has 0 amide bonds. The van der Waals surface area contributed by atoms with Crippen LogP contribution in [0.3, 0.4) is 0 Å². The molecule has 0 radical (unpaired) electrons. The Kier molecular flexibility index (Phi) is 6.02. The second-order valence-electron chi connectivity index (χ2n) is 5.40. The fourth-order valence-corrected chi connectivity index (χ4v) is 3.85. The fourth-order valence-electron chi connectivity index (χ4n) is 2.61. The monoisotopic (exact) mass is 291 g/mol. The van der Waals surface area contributed by atoms with Crippen molar-refractivity contribution >= 4 is 21.4 Å². The molecule has 0 aliphatic heterocycles. The molecule has 1 atom stereocenters. The predicted molar refractivity (Wildman–Crippen MR) is 88.5 cm³/mol. The summed E-state index contributed by atoms with van der Waals surface area (Å²) in [6.45, 7) is 5.87. The highest BCUT2D eigenvalue weighted by molar-refractivity contribution is 7.19. The molecule has 3 heteroatoms. The predicted octanol–water partition coefficient (Wildman–Crippen LogP) is 4.41. The number of benzene rings is 1. The molecule has 0 bridgehead atoms. The van der Waals surface area contributed by atoms with Gasteiger partial charge in [0.1, 0.15) is 0 Å². The minimum absolute atomic E-state index is 0.324. The molecule has 110 valence electrons. The van der Waals surface area contributed by atoms with Crippen LogP contribution in [0, 0.1) is 6.92 Å². The van der Waals surface area contributed by atoms with Crippen LogP contribution in [0.15, 0.2) is 24.3 Å². The van der Waals surface area contributed by atoms with Gasteiger partial charge in [-0.25, -0.2) is 0 Å². The molecule has 1 aromatic carbocycles. The molecule has 1 heterocycles. The maximum absolute atomic E-state index is 8.75. The normalized spacial score (nSPS) is 12.9. The quantitative estimate of drug-likeness (QED) is 0.706. The summed E-state index contributed by atoms with van der Waals surface area (Å²) in [5, 5.41) is 13.8. The van der Waals surface area contributed by atoms with E-state index >= 15 is 0 Å². The van der Waals surface area contributed by atoms with Crippen molar-refractivity contribution in [3.63, 3.8) is 0 Å². The number of hydrogen-bond acceptors (Lipinski definition) is 3. The molecule has 0 aliphatic carbocycles. The highest BCUT2D eigenvalue weighted by atomic mass is 32.1. The Labute approximate surface area is 125 Å².